The minimum atomic E-state index is -1.18. The van der Waals surface area contributed by atoms with Crippen molar-refractivity contribution in [3.8, 4) is 5.75 Å². The summed E-state index contributed by atoms with van der Waals surface area (Å²) in [5.74, 6) is -1.13. The number of hydrogen-bond acceptors (Lipinski definition) is 4. The molecule has 3 aromatic rings. The fourth-order valence-electron chi connectivity index (χ4n) is 2.61. The van der Waals surface area contributed by atoms with E-state index in [0.29, 0.717) is 17.0 Å². The number of benzene rings is 3. The third-order valence-corrected chi connectivity index (χ3v) is 4.07. The highest BCUT2D eigenvalue weighted by atomic mass is 19.1. The predicted molar refractivity (Wildman–Crippen MR) is 107 cm³/mol. The number of halogens is 1. The Hall–Kier alpha value is -3.67. The summed E-state index contributed by atoms with van der Waals surface area (Å²) in [4.78, 5) is 25.3. The van der Waals surface area contributed by atoms with Gasteiger partial charge in [-0.15, -0.1) is 0 Å². The van der Waals surface area contributed by atoms with E-state index >= 15 is 0 Å². The molecule has 1 amide bonds. The second kappa shape index (κ2) is 9.50. The molecule has 0 heterocycles. The van der Waals surface area contributed by atoms with Gasteiger partial charge in [0.2, 0.25) is 6.10 Å². The molecule has 0 aliphatic carbocycles. The largest absolute Gasteiger partial charge is 0.479 e. The summed E-state index contributed by atoms with van der Waals surface area (Å²) >= 11 is 0. The SMILES string of the molecule is CC(Oc1ccccc1)C(=O)OC(C(=O)Nc1ccc(F)cc1)c1ccccc1. The van der Waals surface area contributed by atoms with E-state index in [-0.39, 0.29) is 0 Å². The lowest BCUT2D eigenvalue weighted by molar-refractivity contribution is -0.161. The summed E-state index contributed by atoms with van der Waals surface area (Å²) in [6, 6.07) is 22.8. The molecule has 0 saturated carbocycles. The van der Waals surface area contributed by atoms with Gasteiger partial charge in [-0.05, 0) is 43.3 Å². The molecule has 3 rings (SSSR count). The summed E-state index contributed by atoms with van der Waals surface area (Å²) in [6.45, 7) is 1.55. The van der Waals surface area contributed by atoms with E-state index < -0.39 is 29.9 Å². The number of para-hydroxylation sites is 1. The maximum absolute atomic E-state index is 13.1. The van der Waals surface area contributed by atoms with Crippen molar-refractivity contribution in [3.05, 3.63) is 96.3 Å². The molecule has 2 atom stereocenters. The fourth-order valence-corrected chi connectivity index (χ4v) is 2.61. The van der Waals surface area contributed by atoms with Gasteiger partial charge in [-0.3, -0.25) is 4.79 Å². The Morgan fingerprint density at radius 2 is 1.45 bits per heavy atom. The number of carbonyl (C=O) groups excluding carboxylic acids is 2. The van der Waals surface area contributed by atoms with Gasteiger partial charge in [0.05, 0.1) is 0 Å². The molecule has 0 radical (unpaired) electrons. The standard InChI is InChI=1S/C23H20FNO4/c1-16(28-20-10-6-3-7-11-20)23(27)29-21(17-8-4-2-5-9-17)22(26)25-19-14-12-18(24)13-15-19/h2-16,21H,1H3,(H,25,26). The summed E-state index contributed by atoms with van der Waals surface area (Å²) in [7, 11) is 0. The molecule has 0 aliphatic heterocycles. The molecule has 0 spiro atoms. The van der Waals surface area contributed by atoms with E-state index in [1.54, 1.807) is 61.5 Å². The monoisotopic (exact) mass is 393 g/mol. The highest BCUT2D eigenvalue weighted by molar-refractivity contribution is 5.96. The van der Waals surface area contributed by atoms with Crippen molar-refractivity contribution in [2.75, 3.05) is 5.32 Å². The van der Waals surface area contributed by atoms with Gasteiger partial charge < -0.3 is 14.8 Å². The maximum atomic E-state index is 13.1. The Kier molecular flexibility index (Phi) is 6.58. The molecular formula is C23H20FNO4. The zero-order valence-electron chi connectivity index (χ0n) is 15.7. The second-order valence-electron chi connectivity index (χ2n) is 6.30. The van der Waals surface area contributed by atoms with Crippen LogP contribution in [0, 0.1) is 5.82 Å². The number of carbonyl (C=O) groups is 2. The van der Waals surface area contributed by atoms with E-state index in [0.717, 1.165) is 0 Å². The van der Waals surface area contributed by atoms with Crippen LogP contribution in [0.25, 0.3) is 0 Å². The van der Waals surface area contributed by atoms with Gasteiger partial charge in [-0.2, -0.15) is 0 Å². The number of amides is 1. The minimum Gasteiger partial charge on any atom is -0.479 e. The molecule has 148 valence electrons. The van der Waals surface area contributed by atoms with Gasteiger partial charge >= 0.3 is 5.97 Å². The first-order chi connectivity index (χ1) is 14.0. The lowest BCUT2D eigenvalue weighted by Crippen LogP contribution is -2.32. The van der Waals surface area contributed by atoms with Crippen molar-refractivity contribution < 1.29 is 23.5 Å². The molecule has 0 saturated heterocycles. The van der Waals surface area contributed by atoms with Crippen molar-refractivity contribution in [1.29, 1.82) is 0 Å². The van der Waals surface area contributed by atoms with Crippen LogP contribution in [-0.4, -0.2) is 18.0 Å². The quantitative estimate of drug-likeness (QED) is 0.600. The average Bonchev–Trinajstić information content (AvgIpc) is 2.74. The van der Waals surface area contributed by atoms with Crippen LogP contribution in [-0.2, 0) is 14.3 Å². The summed E-state index contributed by atoms with van der Waals surface area (Å²) in [5.41, 5.74) is 0.898. The van der Waals surface area contributed by atoms with Crippen LogP contribution in [0.1, 0.15) is 18.6 Å². The number of anilines is 1. The first-order valence-corrected chi connectivity index (χ1v) is 9.06. The first kappa shape index (κ1) is 20.1. The van der Waals surface area contributed by atoms with Gasteiger partial charge in [-0.1, -0.05) is 48.5 Å². The highest BCUT2D eigenvalue weighted by Crippen LogP contribution is 2.22. The molecule has 5 nitrogen and oxygen atoms in total. The van der Waals surface area contributed by atoms with E-state index in [9.17, 15) is 14.0 Å². The number of esters is 1. The topological polar surface area (TPSA) is 64.6 Å². The fraction of sp³-hybridized carbons (Fsp3) is 0.130. The Bertz CT molecular complexity index is 946. The first-order valence-electron chi connectivity index (χ1n) is 9.06. The molecule has 29 heavy (non-hydrogen) atoms. The number of nitrogens with one attached hydrogen (secondary N) is 1. The third-order valence-electron chi connectivity index (χ3n) is 4.07. The number of ether oxygens (including phenoxy) is 2. The Balaban J connectivity index is 1.74. The molecule has 0 bridgehead atoms. The van der Waals surface area contributed by atoms with Crippen molar-refractivity contribution >= 4 is 17.6 Å². The Morgan fingerprint density at radius 3 is 2.07 bits per heavy atom. The minimum absolute atomic E-state index is 0.391. The number of rotatable bonds is 7. The predicted octanol–water partition coefficient (Wildman–Crippen LogP) is 4.52. The normalized spacial score (nSPS) is 12.5. The lowest BCUT2D eigenvalue weighted by Gasteiger charge is -2.21. The van der Waals surface area contributed by atoms with Crippen LogP contribution in [0.4, 0.5) is 10.1 Å². The zero-order valence-corrected chi connectivity index (χ0v) is 15.7. The summed E-state index contributed by atoms with van der Waals surface area (Å²) in [5, 5.41) is 2.64. The van der Waals surface area contributed by atoms with Gasteiger partial charge in [0.15, 0.2) is 6.10 Å². The molecule has 6 heteroatoms. The smallest absolute Gasteiger partial charge is 0.348 e. The lowest BCUT2D eigenvalue weighted by atomic mass is 10.1. The molecule has 0 aromatic heterocycles. The van der Waals surface area contributed by atoms with Crippen LogP contribution < -0.4 is 10.1 Å². The van der Waals surface area contributed by atoms with E-state index in [4.69, 9.17) is 9.47 Å². The van der Waals surface area contributed by atoms with Crippen LogP contribution in [0.2, 0.25) is 0 Å². The van der Waals surface area contributed by atoms with Crippen LogP contribution in [0.3, 0.4) is 0 Å². The molecular weight excluding hydrogens is 373 g/mol. The van der Waals surface area contributed by atoms with Crippen LogP contribution in [0.15, 0.2) is 84.9 Å². The van der Waals surface area contributed by atoms with E-state index in [1.165, 1.54) is 24.3 Å². The van der Waals surface area contributed by atoms with Crippen LogP contribution >= 0.6 is 0 Å². The van der Waals surface area contributed by atoms with Crippen molar-refractivity contribution in [2.24, 2.45) is 0 Å². The number of hydrogen-bond donors (Lipinski definition) is 1. The molecule has 1 N–H and O–H groups in total. The second-order valence-corrected chi connectivity index (χ2v) is 6.30. The molecule has 0 aliphatic rings. The third kappa shape index (κ3) is 5.65. The zero-order chi connectivity index (χ0) is 20.6. The maximum Gasteiger partial charge on any atom is 0.348 e. The average molecular weight is 393 g/mol. The van der Waals surface area contributed by atoms with Crippen molar-refractivity contribution in [2.45, 2.75) is 19.1 Å². The van der Waals surface area contributed by atoms with E-state index in [1.807, 2.05) is 6.07 Å². The van der Waals surface area contributed by atoms with Gasteiger partial charge in [0.1, 0.15) is 11.6 Å². The van der Waals surface area contributed by atoms with Crippen molar-refractivity contribution in [3.63, 3.8) is 0 Å². The molecule has 0 fully saturated rings. The Morgan fingerprint density at radius 1 is 0.862 bits per heavy atom. The van der Waals surface area contributed by atoms with E-state index in [2.05, 4.69) is 5.32 Å². The molecule has 2 unspecified atom stereocenters. The van der Waals surface area contributed by atoms with Crippen molar-refractivity contribution in [1.82, 2.24) is 0 Å². The van der Waals surface area contributed by atoms with Gasteiger partial charge in [0.25, 0.3) is 5.91 Å². The van der Waals surface area contributed by atoms with Gasteiger partial charge in [-0.25, -0.2) is 9.18 Å². The van der Waals surface area contributed by atoms with Crippen LogP contribution in [0.5, 0.6) is 5.75 Å². The summed E-state index contributed by atoms with van der Waals surface area (Å²) in [6.07, 6.45) is -2.10. The Labute approximate surface area is 168 Å². The highest BCUT2D eigenvalue weighted by Gasteiger charge is 2.28. The molecule has 3 aromatic carbocycles. The summed E-state index contributed by atoms with van der Waals surface area (Å²) < 4.78 is 24.1. The van der Waals surface area contributed by atoms with Gasteiger partial charge in [0, 0.05) is 11.3 Å².